The number of carbonyl (C=O) groups excluding carboxylic acids is 1. The molecule has 0 aliphatic rings. The zero-order valence-electron chi connectivity index (χ0n) is 12.9. The van der Waals surface area contributed by atoms with Crippen molar-refractivity contribution in [3.63, 3.8) is 0 Å². The van der Waals surface area contributed by atoms with Crippen molar-refractivity contribution in [1.82, 2.24) is 5.32 Å². The van der Waals surface area contributed by atoms with Crippen LogP contribution in [0.2, 0.25) is 0 Å². The molecule has 1 amide bonds. The largest absolute Gasteiger partial charge is 0.481 e. The maximum Gasteiger partial charge on any atom is 0.407 e. The molecule has 0 saturated carbocycles. The van der Waals surface area contributed by atoms with Gasteiger partial charge in [-0.25, -0.2) is 4.79 Å². The van der Waals surface area contributed by atoms with Crippen molar-refractivity contribution in [3.8, 4) is 0 Å². The Labute approximate surface area is 125 Å². The molecule has 0 aromatic heterocycles. The number of nitrogens with one attached hydrogen (secondary N) is 1. The highest BCUT2D eigenvalue weighted by molar-refractivity contribution is 5.70. The van der Waals surface area contributed by atoms with Crippen LogP contribution in [-0.4, -0.2) is 28.8 Å². The summed E-state index contributed by atoms with van der Waals surface area (Å²) in [6, 6.07) is 8.95. The molecule has 21 heavy (non-hydrogen) atoms. The summed E-state index contributed by atoms with van der Waals surface area (Å²) in [6.07, 6.45) is -0.595. The van der Waals surface area contributed by atoms with E-state index in [9.17, 15) is 9.59 Å². The van der Waals surface area contributed by atoms with Gasteiger partial charge in [-0.05, 0) is 33.3 Å². The number of carboxylic acids is 1. The Morgan fingerprint density at radius 1 is 1.24 bits per heavy atom. The van der Waals surface area contributed by atoms with E-state index in [0.717, 1.165) is 5.56 Å². The molecule has 0 bridgehead atoms. The molecule has 1 aromatic rings. The normalized spacial score (nSPS) is 14.1. The van der Waals surface area contributed by atoms with Gasteiger partial charge in [-0.2, -0.15) is 0 Å². The number of hydrogen-bond acceptors (Lipinski definition) is 3. The number of carbonyl (C=O) groups is 2. The third-order valence-electron chi connectivity index (χ3n) is 2.97. The number of aliphatic carboxylic acids is 1. The van der Waals surface area contributed by atoms with E-state index in [1.54, 1.807) is 27.7 Å². The molecule has 0 saturated heterocycles. The third-order valence-corrected chi connectivity index (χ3v) is 2.97. The van der Waals surface area contributed by atoms with Crippen molar-refractivity contribution in [2.45, 2.75) is 51.7 Å². The second kappa shape index (κ2) is 7.11. The summed E-state index contributed by atoms with van der Waals surface area (Å²) < 4.78 is 5.20. The number of benzene rings is 1. The highest BCUT2D eigenvalue weighted by Crippen LogP contribution is 2.23. The molecule has 1 rings (SSSR count). The smallest absolute Gasteiger partial charge is 0.407 e. The number of amides is 1. The van der Waals surface area contributed by atoms with Gasteiger partial charge in [-0.15, -0.1) is 0 Å². The predicted octanol–water partition coefficient (Wildman–Crippen LogP) is 3.16. The molecule has 0 fully saturated rings. The summed E-state index contributed by atoms with van der Waals surface area (Å²) in [7, 11) is 0. The van der Waals surface area contributed by atoms with Crippen LogP contribution in [0.3, 0.4) is 0 Å². The second-order valence-electron chi connectivity index (χ2n) is 6.05. The van der Waals surface area contributed by atoms with Crippen molar-refractivity contribution in [2.75, 3.05) is 0 Å². The lowest BCUT2D eigenvalue weighted by Crippen LogP contribution is -2.41. The third kappa shape index (κ3) is 6.29. The average Bonchev–Trinajstić information content (AvgIpc) is 2.34. The van der Waals surface area contributed by atoms with Crippen LogP contribution in [0.25, 0.3) is 0 Å². The molecule has 0 aliphatic carbocycles. The van der Waals surface area contributed by atoms with Crippen LogP contribution in [-0.2, 0) is 9.53 Å². The number of rotatable bonds is 5. The van der Waals surface area contributed by atoms with Crippen molar-refractivity contribution in [2.24, 2.45) is 0 Å². The topological polar surface area (TPSA) is 75.6 Å². The zero-order chi connectivity index (χ0) is 16.0. The molecule has 5 heteroatoms. The van der Waals surface area contributed by atoms with Gasteiger partial charge in [0, 0.05) is 12.0 Å². The highest BCUT2D eigenvalue weighted by atomic mass is 16.6. The Kier molecular flexibility index (Phi) is 5.76. The van der Waals surface area contributed by atoms with Gasteiger partial charge < -0.3 is 15.2 Å². The maximum absolute atomic E-state index is 11.8. The van der Waals surface area contributed by atoms with Crippen LogP contribution in [0.1, 0.15) is 45.6 Å². The van der Waals surface area contributed by atoms with Crippen molar-refractivity contribution in [3.05, 3.63) is 35.9 Å². The summed E-state index contributed by atoms with van der Waals surface area (Å²) in [6.45, 7) is 7.13. The Hall–Kier alpha value is -2.04. The van der Waals surface area contributed by atoms with Crippen molar-refractivity contribution in [1.29, 1.82) is 0 Å². The Balaban J connectivity index is 2.79. The second-order valence-corrected chi connectivity index (χ2v) is 6.05. The van der Waals surface area contributed by atoms with Gasteiger partial charge in [0.1, 0.15) is 5.60 Å². The van der Waals surface area contributed by atoms with Crippen LogP contribution in [0.15, 0.2) is 30.3 Å². The SMILES string of the molecule is CC(NC(=O)OC(C)(C)C)C(CC(=O)O)c1ccccc1. The fourth-order valence-corrected chi connectivity index (χ4v) is 2.07. The minimum absolute atomic E-state index is 0.0546. The molecule has 0 aliphatic heterocycles. The van der Waals surface area contributed by atoms with E-state index in [2.05, 4.69) is 5.32 Å². The number of alkyl carbamates (subject to hydrolysis) is 1. The maximum atomic E-state index is 11.8. The van der Waals surface area contributed by atoms with E-state index in [0.29, 0.717) is 0 Å². The Morgan fingerprint density at radius 2 is 1.81 bits per heavy atom. The lowest BCUT2D eigenvalue weighted by molar-refractivity contribution is -0.137. The molecule has 1 aromatic carbocycles. The first-order valence-electron chi connectivity index (χ1n) is 6.95. The zero-order valence-corrected chi connectivity index (χ0v) is 12.9. The molecule has 116 valence electrons. The van der Waals surface area contributed by atoms with Crippen LogP contribution in [0.4, 0.5) is 4.79 Å². The van der Waals surface area contributed by atoms with Gasteiger partial charge in [0.25, 0.3) is 0 Å². The Morgan fingerprint density at radius 3 is 2.29 bits per heavy atom. The first-order valence-corrected chi connectivity index (χ1v) is 6.95. The molecular formula is C16H23NO4. The molecule has 2 unspecified atom stereocenters. The van der Waals surface area contributed by atoms with Gasteiger partial charge in [-0.1, -0.05) is 30.3 Å². The summed E-state index contributed by atoms with van der Waals surface area (Å²) in [4.78, 5) is 22.9. The minimum atomic E-state index is -0.901. The summed E-state index contributed by atoms with van der Waals surface area (Å²) in [5.74, 6) is -1.21. The monoisotopic (exact) mass is 293 g/mol. The van der Waals surface area contributed by atoms with Crippen molar-refractivity contribution < 1.29 is 19.4 Å². The lowest BCUT2D eigenvalue weighted by atomic mass is 9.89. The molecule has 0 spiro atoms. The minimum Gasteiger partial charge on any atom is -0.481 e. The molecule has 5 nitrogen and oxygen atoms in total. The summed E-state index contributed by atoms with van der Waals surface area (Å²) in [5.41, 5.74) is 0.294. The molecule has 0 heterocycles. The van der Waals surface area contributed by atoms with Gasteiger partial charge in [0.15, 0.2) is 0 Å². The van der Waals surface area contributed by atoms with Gasteiger partial charge in [0.05, 0.1) is 6.42 Å². The van der Waals surface area contributed by atoms with Crippen LogP contribution in [0.5, 0.6) is 0 Å². The molecule has 2 N–H and O–H groups in total. The van der Waals surface area contributed by atoms with E-state index < -0.39 is 17.7 Å². The number of hydrogen-bond donors (Lipinski definition) is 2. The average molecular weight is 293 g/mol. The van der Waals surface area contributed by atoms with Gasteiger partial charge in [0.2, 0.25) is 0 Å². The van der Waals surface area contributed by atoms with E-state index in [4.69, 9.17) is 9.84 Å². The summed E-state index contributed by atoms with van der Waals surface area (Å²) >= 11 is 0. The molecule has 0 radical (unpaired) electrons. The van der Waals surface area contributed by atoms with E-state index in [1.807, 2.05) is 30.3 Å². The van der Waals surface area contributed by atoms with Gasteiger partial charge >= 0.3 is 12.1 Å². The quantitative estimate of drug-likeness (QED) is 0.874. The van der Waals surface area contributed by atoms with Crippen LogP contribution < -0.4 is 5.32 Å². The predicted molar refractivity (Wildman–Crippen MR) is 80.3 cm³/mol. The first-order chi connectivity index (χ1) is 9.69. The van der Waals surface area contributed by atoms with Gasteiger partial charge in [-0.3, -0.25) is 4.79 Å². The fourth-order valence-electron chi connectivity index (χ4n) is 2.07. The fraction of sp³-hybridized carbons (Fsp3) is 0.500. The van der Waals surface area contributed by atoms with Crippen LogP contribution in [0, 0.1) is 0 Å². The summed E-state index contributed by atoms with van der Waals surface area (Å²) in [5, 5.41) is 11.8. The van der Waals surface area contributed by atoms with E-state index >= 15 is 0 Å². The van der Waals surface area contributed by atoms with E-state index in [1.165, 1.54) is 0 Å². The first kappa shape index (κ1) is 17.0. The Bertz CT molecular complexity index is 479. The number of ether oxygens (including phenoxy) is 1. The van der Waals surface area contributed by atoms with Crippen LogP contribution >= 0.6 is 0 Å². The molecule has 2 atom stereocenters. The molecular weight excluding hydrogens is 270 g/mol. The highest BCUT2D eigenvalue weighted by Gasteiger charge is 2.25. The van der Waals surface area contributed by atoms with Crippen molar-refractivity contribution >= 4 is 12.1 Å². The number of carboxylic acid groups (broad SMARTS) is 1. The standard InChI is InChI=1S/C16H23NO4/c1-11(17-15(20)21-16(2,3)4)13(10-14(18)19)12-8-6-5-7-9-12/h5-9,11,13H,10H2,1-4H3,(H,17,20)(H,18,19). The lowest BCUT2D eigenvalue weighted by Gasteiger charge is -2.26. The van der Waals surface area contributed by atoms with E-state index in [-0.39, 0.29) is 18.4 Å².